The number of ether oxygens (including phenoxy) is 1. The quantitative estimate of drug-likeness (QED) is 0.764. The molecule has 0 fully saturated rings. The molecule has 0 atom stereocenters. The van der Waals surface area contributed by atoms with E-state index in [2.05, 4.69) is 17.0 Å². The Morgan fingerprint density at radius 2 is 2.21 bits per heavy atom. The standard InChI is InChI=1S/C13H15Cl2N3O/c1-2-5-18-13(16-9-17-18)8-19-12-4-3-10(7-14)6-11(12)15/h3-4,6,9H,2,5,7-8H2,1H3. The molecule has 0 amide bonds. The number of aromatic nitrogens is 3. The van der Waals surface area contributed by atoms with Crippen molar-refractivity contribution in [2.24, 2.45) is 0 Å². The molecule has 2 rings (SSSR count). The topological polar surface area (TPSA) is 39.9 Å². The predicted octanol–water partition coefficient (Wildman–Crippen LogP) is 3.66. The van der Waals surface area contributed by atoms with Crippen LogP contribution in [0, 0.1) is 0 Å². The van der Waals surface area contributed by atoms with Crippen LogP contribution >= 0.6 is 23.2 Å². The summed E-state index contributed by atoms with van der Waals surface area (Å²) in [6.07, 6.45) is 2.54. The molecule has 0 saturated heterocycles. The van der Waals surface area contributed by atoms with Crippen LogP contribution in [0.15, 0.2) is 24.5 Å². The van der Waals surface area contributed by atoms with Gasteiger partial charge in [-0.1, -0.05) is 24.6 Å². The van der Waals surface area contributed by atoms with Crippen LogP contribution in [-0.4, -0.2) is 14.8 Å². The SMILES string of the molecule is CCCn1ncnc1COc1ccc(CCl)cc1Cl. The van der Waals surface area contributed by atoms with Crippen molar-refractivity contribution in [2.45, 2.75) is 32.4 Å². The second kappa shape index (κ2) is 6.78. The first kappa shape index (κ1) is 14.2. The van der Waals surface area contributed by atoms with E-state index in [4.69, 9.17) is 27.9 Å². The van der Waals surface area contributed by atoms with Gasteiger partial charge >= 0.3 is 0 Å². The lowest BCUT2D eigenvalue weighted by Crippen LogP contribution is -2.08. The smallest absolute Gasteiger partial charge is 0.164 e. The summed E-state index contributed by atoms with van der Waals surface area (Å²) >= 11 is 11.9. The first-order valence-corrected chi connectivity index (χ1v) is 6.99. The summed E-state index contributed by atoms with van der Waals surface area (Å²) in [4.78, 5) is 4.18. The molecule has 0 spiro atoms. The molecule has 0 unspecified atom stereocenters. The molecule has 0 aliphatic heterocycles. The largest absolute Gasteiger partial charge is 0.484 e. The Morgan fingerprint density at radius 1 is 1.37 bits per heavy atom. The molecule has 1 heterocycles. The van der Waals surface area contributed by atoms with Gasteiger partial charge in [0.1, 0.15) is 18.7 Å². The zero-order chi connectivity index (χ0) is 13.7. The molecule has 1 aromatic heterocycles. The van der Waals surface area contributed by atoms with Crippen molar-refractivity contribution in [1.29, 1.82) is 0 Å². The van der Waals surface area contributed by atoms with Gasteiger partial charge in [0.25, 0.3) is 0 Å². The summed E-state index contributed by atoms with van der Waals surface area (Å²) in [7, 11) is 0. The first-order chi connectivity index (χ1) is 9.24. The third-order valence-electron chi connectivity index (χ3n) is 2.64. The molecule has 0 aliphatic rings. The first-order valence-electron chi connectivity index (χ1n) is 6.08. The minimum Gasteiger partial charge on any atom is -0.484 e. The number of aryl methyl sites for hydroxylation is 1. The van der Waals surface area contributed by atoms with Crippen LogP contribution in [0.5, 0.6) is 5.75 Å². The number of rotatable bonds is 6. The summed E-state index contributed by atoms with van der Waals surface area (Å²) < 4.78 is 7.50. The van der Waals surface area contributed by atoms with Crippen LogP contribution in [0.4, 0.5) is 0 Å². The lowest BCUT2D eigenvalue weighted by Gasteiger charge is -2.09. The molecule has 0 radical (unpaired) electrons. The Balaban J connectivity index is 2.04. The highest BCUT2D eigenvalue weighted by molar-refractivity contribution is 6.32. The molecule has 0 N–H and O–H groups in total. The minimum absolute atomic E-state index is 0.347. The van der Waals surface area contributed by atoms with E-state index in [-0.39, 0.29) is 0 Å². The van der Waals surface area contributed by atoms with E-state index < -0.39 is 0 Å². The average molecular weight is 300 g/mol. The second-order valence-electron chi connectivity index (χ2n) is 4.09. The lowest BCUT2D eigenvalue weighted by atomic mass is 10.2. The minimum atomic E-state index is 0.347. The summed E-state index contributed by atoms with van der Waals surface area (Å²) in [5.74, 6) is 1.85. The monoisotopic (exact) mass is 299 g/mol. The molecule has 0 saturated carbocycles. The van der Waals surface area contributed by atoms with Crippen molar-refractivity contribution in [1.82, 2.24) is 14.8 Å². The molecule has 1 aromatic carbocycles. The van der Waals surface area contributed by atoms with Gasteiger partial charge in [-0.2, -0.15) is 5.10 Å². The van der Waals surface area contributed by atoms with Gasteiger partial charge in [-0.3, -0.25) is 0 Å². The third-order valence-corrected chi connectivity index (χ3v) is 3.24. The zero-order valence-corrected chi connectivity index (χ0v) is 12.2. The molecule has 6 heteroatoms. The molecular weight excluding hydrogens is 285 g/mol. The number of halogens is 2. The van der Waals surface area contributed by atoms with E-state index in [0.717, 1.165) is 24.4 Å². The Bertz CT molecular complexity index is 542. The summed E-state index contributed by atoms with van der Waals surface area (Å²) in [6.45, 7) is 3.27. The number of nitrogens with zero attached hydrogens (tertiary/aromatic N) is 3. The summed E-state index contributed by atoms with van der Waals surface area (Å²) in [5.41, 5.74) is 0.966. The van der Waals surface area contributed by atoms with Gasteiger partial charge in [-0.25, -0.2) is 9.67 Å². The zero-order valence-electron chi connectivity index (χ0n) is 10.6. The number of benzene rings is 1. The van der Waals surface area contributed by atoms with E-state index in [0.29, 0.717) is 23.3 Å². The average Bonchev–Trinajstić information content (AvgIpc) is 2.85. The fourth-order valence-corrected chi connectivity index (χ4v) is 2.11. The van der Waals surface area contributed by atoms with E-state index in [9.17, 15) is 0 Å². The van der Waals surface area contributed by atoms with Gasteiger partial charge in [0.2, 0.25) is 0 Å². The maximum Gasteiger partial charge on any atom is 0.164 e. The van der Waals surface area contributed by atoms with Crippen molar-refractivity contribution in [3.63, 3.8) is 0 Å². The highest BCUT2D eigenvalue weighted by Crippen LogP contribution is 2.26. The van der Waals surface area contributed by atoms with Crippen molar-refractivity contribution in [2.75, 3.05) is 0 Å². The van der Waals surface area contributed by atoms with Crippen LogP contribution in [-0.2, 0) is 19.0 Å². The molecular formula is C13H15Cl2N3O. The highest BCUT2D eigenvalue weighted by Gasteiger charge is 2.07. The Hall–Kier alpha value is -1.26. The van der Waals surface area contributed by atoms with Crippen LogP contribution in [0.25, 0.3) is 0 Å². The Morgan fingerprint density at radius 3 is 2.89 bits per heavy atom. The van der Waals surface area contributed by atoms with Gasteiger partial charge in [0, 0.05) is 12.4 Å². The van der Waals surface area contributed by atoms with Crippen molar-refractivity contribution in [3.8, 4) is 5.75 Å². The van der Waals surface area contributed by atoms with E-state index >= 15 is 0 Å². The molecule has 2 aromatic rings. The molecule has 102 valence electrons. The van der Waals surface area contributed by atoms with Gasteiger partial charge < -0.3 is 4.74 Å². The van der Waals surface area contributed by atoms with Crippen LogP contribution in [0.3, 0.4) is 0 Å². The fraction of sp³-hybridized carbons (Fsp3) is 0.385. The lowest BCUT2D eigenvalue weighted by molar-refractivity contribution is 0.286. The van der Waals surface area contributed by atoms with Gasteiger partial charge in [0.15, 0.2) is 5.82 Å². The van der Waals surface area contributed by atoms with Crippen molar-refractivity contribution < 1.29 is 4.74 Å². The molecule has 19 heavy (non-hydrogen) atoms. The predicted molar refractivity (Wildman–Crippen MR) is 75.7 cm³/mol. The van der Waals surface area contributed by atoms with Crippen LogP contribution in [0.1, 0.15) is 24.7 Å². The van der Waals surface area contributed by atoms with E-state index in [1.54, 1.807) is 6.07 Å². The van der Waals surface area contributed by atoms with E-state index in [1.807, 2.05) is 16.8 Å². The van der Waals surface area contributed by atoms with Gasteiger partial charge in [-0.05, 0) is 24.1 Å². The number of hydrogen-bond donors (Lipinski definition) is 0. The maximum atomic E-state index is 6.12. The summed E-state index contributed by atoms with van der Waals surface area (Å²) in [6, 6.07) is 5.52. The Labute approximate surface area is 122 Å². The number of alkyl halides is 1. The third kappa shape index (κ3) is 3.61. The van der Waals surface area contributed by atoms with Crippen molar-refractivity contribution >= 4 is 23.2 Å². The summed E-state index contributed by atoms with van der Waals surface area (Å²) in [5, 5.41) is 4.70. The molecule has 0 bridgehead atoms. The van der Waals surface area contributed by atoms with E-state index in [1.165, 1.54) is 6.33 Å². The van der Waals surface area contributed by atoms with Gasteiger partial charge in [-0.15, -0.1) is 11.6 Å². The van der Waals surface area contributed by atoms with Crippen molar-refractivity contribution in [3.05, 3.63) is 40.9 Å². The fourth-order valence-electron chi connectivity index (χ4n) is 1.69. The Kier molecular flexibility index (Phi) is 5.05. The molecule has 4 nitrogen and oxygen atoms in total. The van der Waals surface area contributed by atoms with Gasteiger partial charge in [0.05, 0.1) is 5.02 Å². The maximum absolute atomic E-state index is 6.12. The second-order valence-corrected chi connectivity index (χ2v) is 4.76. The normalized spacial score (nSPS) is 10.7. The van der Waals surface area contributed by atoms with Crippen LogP contribution < -0.4 is 4.74 Å². The van der Waals surface area contributed by atoms with Crippen LogP contribution in [0.2, 0.25) is 5.02 Å². The molecule has 0 aliphatic carbocycles. The number of hydrogen-bond acceptors (Lipinski definition) is 3. The highest BCUT2D eigenvalue weighted by atomic mass is 35.5.